The van der Waals surface area contributed by atoms with Gasteiger partial charge in [-0.15, -0.1) is 0 Å². The Morgan fingerprint density at radius 2 is 1.78 bits per heavy atom. The highest BCUT2D eigenvalue weighted by atomic mass is 16.5. The summed E-state index contributed by atoms with van der Waals surface area (Å²) in [5.74, 6) is -0.707. The Hall–Kier alpha value is -3.72. The van der Waals surface area contributed by atoms with Gasteiger partial charge in [0.15, 0.2) is 0 Å². The van der Waals surface area contributed by atoms with Crippen LogP contribution in [0.15, 0.2) is 66.0 Å². The van der Waals surface area contributed by atoms with Crippen molar-refractivity contribution in [2.75, 3.05) is 31.6 Å². The van der Waals surface area contributed by atoms with Crippen molar-refractivity contribution in [1.29, 1.82) is 0 Å². The van der Waals surface area contributed by atoms with Gasteiger partial charge in [-0.2, -0.15) is 0 Å². The number of hydrogen-bond acceptors (Lipinski definition) is 6. The Morgan fingerprint density at radius 1 is 1.16 bits per heavy atom. The van der Waals surface area contributed by atoms with Crippen LogP contribution in [0.4, 0.5) is 5.69 Å². The van der Waals surface area contributed by atoms with E-state index < -0.39 is 5.91 Å². The third-order valence-corrected chi connectivity index (χ3v) is 5.43. The molecule has 1 atom stereocenters. The number of nitrogens with zero attached hydrogens (tertiary/aromatic N) is 2. The molecule has 37 heavy (non-hydrogen) atoms. The summed E-state index contributed by atoms with van der Waals surface area (Å²) in [4.78, 5) is 40.7. The number of aliphatic imine (C=N–C) groups is 1. The van der Waals surface area contributed by atoms with Crippen molar-refractivity contribution in [1.82, 2.24) is 10.2 Å². The first kappa shape index (κ1) is 31.3. The molecule has 0 unspecified atom stereocenters. The summed E-state index contributed by atoms with van der Waals surface area (Å²) in [6.45, 7) is 17.4. The van der Waals surface area contributed by atoms with E-state index in [1.54, 1.807) is 29.2 Å². The lowest BCUT2D eigenvalue weighted by atomic mass is 10.1. The summed E-state index contributed by atoms with van der Waals surface area (Å²) in [5.41, 5.74) is 8.01. The van der Waals surface area contributed by atoms with Crippen molar-refractivity contribution < 1.29 is 19.1 Å². The molecule has 0 bridgehead atoms. The number of amides is 3. The minimum Gasteiger partial charge on any atom is -0.378 e. The summed E-state index contributed by atoms with van der Waals surface area (Å²) in [5, 5.41) is 5.88. The zero-order chi connectivity index (χ0) is 27.8. The summed E-state index contributed by atoms with van der Waals surface area (Å²) >= 11 is 0. The average molecular weight is 512 g/mol. The molecule has 1 aromatic rings. The van der Waals surface area contributed by atoms with Crippen LogP contribution in [0.25, 0.3) is 0 Å². The molecule has 0 radical (unpaired) electrons. The fourth-order valence-electron chi connectivity index (χ4n) is 3.36. The lowest BCUT2D eigenvalue weighted by Gasteiger charge is -2.26. The smallest absolute Gasteiger partial charge is 0.254 e. The molecule has 4 N–H and O–H groups in total. The van der Waals surface area contributed by atoms with Gasteiger partial charge >= 0.3 is 0 Å². The van der Waals surface area contributed by atoms with E-state index >= 15 is 0 Å². The van der Waals surface area contributed by atoms with E-state index in [1.165, 1.54) is 12.3 Å². The molecule has 0 aromatic heterocycles. The Balaban J connectivity index is 0.000000525. The van der Waals surface area contributed by atoms with E-state index in [4.69, 9.17) is 10.5 Å². The van der Waals surface area contributed by atoms with Crippen molar-refractivity contribution >= 4 is 29.1 Å². The number of carbonyl (C=O) groups excluding carboxylic acids is 3. The van der Waals surface area contributed by atoms with Gasteiger partial charge in [0.05, 0.1) is 18.8 Å². The van der Waals surface area contributed by atoms with Gasteiger partial charge in [0.2, 0.25) is 5.91 Å². The SMILES string of the molecule is C=C(Nc1ccc(C(=O)N2CCOCC2)cc1)/C(=C\N=C(C)C)C(N)=O.C=CC(=O)N[C@H](CC)CCC. The van der Waals surface area contributed by atoms with Crippen molar-refractivity contribution in [3.8, 4) is 0 Å². The Bertz CT molecular complexity index is 988. The number of nitrogens with two attached hydrogens (primary N) is 1. The maximum absolute atomic E-state index is 12.4. The highest BCUT2D eigenvalue weighted by molar-refractivity contribution is 5.98. The molecule has 1 aromatic carbocycles. The van der Waals surface area contributed by atoms with E-state index in [-0.39, 0.29) is 17.4 Å². The maximum Gasteiger partial charge on any atom is 0.254 e. The molecule has 1 aliphatic heterocycles. The number of nitrogens with one attached hydrogen (secondary N) is 2. The van der Waals surface area contributed by atoms with Gasteiger partial charge in [0.1, 0.15) is 0 Å². The summed E-state index contributed by atoms with van der Waals surface area (Å²) in [6, 6.07) is 7.30. The molecule has 0 spiro atoms. The van der Waals surface area contributed by atoms with Gasteiger partial charge in [0, 0.05) is 48.0 Å². The summed E-state index contributed by atoms with van der Waals surface area (Å²) in [7, 11) is 0. The number of anilines is 1. The molecule has 2 rings (SSSR count). The van der Waals surface area contributed by atoms with E-state index in [1.807, 2.05) is 13.8 Å². The predicted molar refractivity (Wildman–Crippen MR) is 149 cm³/mol. The minimum atomic E-state index is -0.619. The monoisotopic (exact) mass is 511 g/mol. The van der Waals surface area contributed by atoms with Crippen LogP contribution in [0, 0.1) is 0 Å². The lowest BCUT2D eigenvalue weighted by Crippen LogP contribution is -2.40. The van der Waals surface area contributed by atoms with Crippen LogP contribution in [0.3, 0.4) is 0 Å². The van der Waals surface area contributed by atoms with Crippen LogP contribution in [0.2, 0.25) is 0 Å². The zero-order valence-corrected chi connectivity index (χ0v) is 22.5. The molecule has 0 saturated carbocycles. The number of hydrogen-bond donors (Lipinski definition) is 3. The number of carbonyl (C=O) groups is 3. The van der Waals surface area contributed by atoms with Crippen LogP contribution in [0.5, 0.6) is 0 Å². The zero-order valence-electron chi connectivity index (χ0n) is 22.5. The second kappa shape index (κ2) is 16.9. The topological polar surface area (TPSA) is 126 Å². The number of rotatable bonds is 11. The minimum absolute atomic E-state index is 0.0239. The molecule has 1 saturated heterocycles. The molecule has 1 aliphatic rings. The second-order valence-electron chi connectivity index (χ2n) is 8.68. The highest BCUT2D eigenvalue weighted by Crippen LogP contribution is 2.17. The Labute approximate surface area is 220 Å². The van der Waals surface area contributed by atoms with E-state index in [9.17, 15) is 14.4 Å². The number of primary amides is 1. The molecule has 202 valence electrons. The molecular formula is C28H41N5O4. The van der Waals surface area contributed by atoms with Crippen molar-refractivity contribution in [3.05, 3.63) is 66.5 Å². The van der Waals surface area contributed by atoms with Crippen molar-refractivity contribution in [3.63, 3.8) is 0 Å². The first-order valence-corrected chi connectivity index (χ1v) is 12.5. The standard InChI is InChI=1S/C19H24N4O3.C9H17NO/c1-13(2)21-12-17(18(20)24)14(3)22-16-6-4-15(5-7-16)19(25)23-8-10-26-11-9-23;1-4-7-8(5-2)10-9(11)6-3/h4-7,12,22H,3,8-11H2,1-2H3,(H2,20,24);6,8H,3-5,7H2,1-2H3,(H,10,11)/b17-12+;/t;8-/m.1/s1. The van der Waals surface area contributed by atoms with Gasteiger partial charge < -0.3 is 26.0 Å². The van der Waals surface area contributed by atoms with Gasteiger partial charge in [-0.3, -0.25) is 19.4 Å². The second-order valence-corrected chi connectivity index (χ2v) is 8.68. The van der Waals surface area contributed by atoms with Crippen LogP contribution in [0.1, 0.15) is 57.3 Å². The first-order valence-electron chi connectivity index (χ1n) is 12.5. The third kappa shape index (κ3) is 11.7. The van der Waals surface area contributed by atoms with Crippen LogP contribution < -0.4 is 16.4 Å². The molecule has 0 aliphatic carbocycles. The molecule has 3 amide bonds. The van der Waals surface area contributed by atoms with Gasteiger partial charge in [-0.05, 0) is 57.0 Å². The quantitative estimate of drug-likeness (QED) is 0.237. The molecule has 1 heterocycles. The third-order valence-electron chi connectivity index (χ3n) is 5.43. The molecular weight excluding hydrogens is 470 g/mol. The van der Waals surface area contributed by atoms with Gasteiger partial charge in [-0.25, -0.2) is 0 Å². The first-order chi connectivity index (χ1) is 17.6. The maximum atomic E-state index is 12.4. The van der Waals surface area contributed by atoms with Crippen molar-refractivity contribution in [2.24, 2.45) is 10.7 Å². The number of morpholine rings is 1. The fraction of sp³-hybridized carbons (Fsp3) is 0.429. The number of ether oxygens (including phenoxy) is 1. The van der Waals surface area contributed by atoms with E-state index in [0.717, 1.165) is 25.0 Å². The van der Waals surface area contributed by atoms with Crippen LogP contribution in [-0.4, -0.2) is 60.7 Å². The van der Waals surface area contributed by atoms with Crippen LogP contribution in [-0.2, 0) is 14.3 Å². The average Bonchev–Trinajstić information content (AvgIpc) is 2.89. The highest BCUT2D eigenvalue weighted by Gasteiger charge is 2.18. The fourth-order valence-corrected chi connectivity index (χ4v) is 3.36. The number of benzene rings is 1. The Morgan fingerprint density at radius 3 is 2.27 bits per heavy atom. The summed E-state index contributed by atoms with van der Waals surface area (Å²) in [6.07, 6.45) is 5.86. The van der Waals surface area contributed by atoms with Gasteiger partial charge in [-0.1, -0.05) is 33.4 Å². The Kier molecular flexibility index (Phi) is 14.3. The normalized spacial score (nSPS) is 13.8. The van der Waals surface area contributed by atoms with Gasteiger partial charge in [0.25, 0.3) is 11.8 Å². The van der Waals surface area contributed by atoms with E-state index in [2.05, 4.69) is 42.6 Å². The van der Waals surface area contributed by atoms with Crippen LogP contribution >= 0.6 is 0 Å². The largest absolute Gasteiger partial charge is 0.378 e. The lowest BCUT2D eigenvalue weighted by molar-refractivity contribution is -0.117. The molecule has 1 fully saturated rings. The summed E-state index contributed by atoms with van der Waals surface area (Å²) < 4.78 is 5.26. The van der Waals surface area contributed by atoms with Crippen molar-refractivity contribution in [2.45, 2.75) is 53.0 Å². The molecule has 9 nitrogen and oxygen atoms in total. The predicted octanol–water partition coefficient (Wildman–Crippen LogP) is 3.80. The van der Waals surface area contributed by atoms with E-state index in [0.29, 0.717) is 49.3 Å². The molecule has 9 heteroatoms.